The van der Waals surface area contributed by atoms with Crippen molar-refractivity contribution in [3.8, 4) is 0 Å². The van der Waals surface area contributed by atoms with Crippen molar-refractivity contribution in [1.82, 2.24) is 10.3 Å². The first-order valence-electron chi connectivity index (χ1n) is 6.18. The summed E-state index contributed by atoms with van der Waals surface area (Å²) in [5, 5.41) is 12.6. The number of nitrogens with one attached hydrogen (secondary N) is 1. The smallest absolute Gasteiger partial charge is 0.0855 e. The Morgan fingerprint density at radius 3 is 2.67 bits per heavy atom. The van der Waals surface area contributed by atoms with Gasteiger partial charge in [-0.1, -0.05) is 36.4 Å². The fourth-order valence-corrected chi connectivity index (χ4v) is 1.89. The van der Waals surface area contributed by atoms with E-state index in [2.05, 4.69) is 22.4 Å². The van der Waals surface area contributed by atoms with Crippen LogP contribution in [0.5, 0.6) is 0 Å². The number of benzene rings is 1. The van der Waals surface area contributed by atoms with E-state index in [-0.39, 0.29) is 6.61 Å². The van der Waals surface area contributed by atoms with Gasteiger partial charge in [0, 0.05) is 12.7 Å². The minimum Gasteiger partial charge on any atom is -0.390 e. The molecule has 0 saturated carbocycles. The average molecular weight is 242 g/mol. The molecule has 0 aliphatic heterocycles. The minimum absolute atomic E-state index is 0.00879. The quantitative estimate of drug-likeness (QED) is 0.761. The molecule has 0 amide bonds. The normalized spacial score (nSPS) is 10.5. The molecule has 0 aliphatic rings. The van der Waals surface area contributed by atoms with Gasteiger partial charge in [0.05, 0.1) is 12.3 Å². The highest BCUT2D eigenvalue weighted by Crippen LogP contribution is 2.05. The van der Waals surface area contributed by atoms with Gasteiger partial charge in [0.25, 0.3) is 0 Å². The largest absolute Gasteiger partial charge is 0.390 e. The SMILES string of the molecule is OCc1ncccc1CCNCc1ccccc1. The molecule has 2 rings (SSSR count). The number of aromatic nitrogens is 1. The van der Waals surface area contributed by atoms with Crippen LogP contribution in [0.1, 0.15) is 16.8 Å². The van der Waals surface area contributed by atoms with Gasteiger partial charge in [-0.05, 0) is 30.2 Å². The zero-order valence-corrected chi connectivity index (χ0v) is 10.3. The van der Waals surface area contributed by atoms with Gasteiger partial charge in [0.1, 0.15) is 0 Å². The first kappa shape index (κ1) is 12.7. The lowest BCUT2D eigenvalue weighted by molar-refractivity contribution is 0.275. The van der Waals surface area contributed by atoms with Crippen molar-refractivity contribution in [1.29, 1.82) is 0 Å². The van der Waals surface area contributed by atoms with Crippen LogP contribution in [0.2, 0.25) is 0 Å². The molecular formula is C15H18N2O. The molecule has 0 saturated heterocycles. The van der Waals surface area contributed by atoms with E-state index in [1.54, 1.807) is 6.20 Å². The van der Waals surface area contributed by atoms with Gasteiger partial charge in [-0.3, -0.25) is 4.98 Å². The van der Waals surface area contributed by atoms with Crippen LogP contribution in [0.15, 0.2) is 48.7 Å². The molecule has 94 valence electrons. The summed E-state index contributed by atoms with van der Waals surface area (Å²) in [6.07, 6.45) is 2.60. The summed E-state index contributed by atoms with van der Waals surface area (Å²) >= 11 is 0. The third-order valence-electron chi connectivity index (χ3n) is 2.88. The van der Waals surface area contributed by atoms with Gasteiger partial charge in [0.2, 0.25) is 0 Å². The van der Waals surface area contributed by atoms with Gasteiger partial charge in [-0.25, -0.2) is 0 Å². The molecule has 0 radical (unpaired) electrons. The second-order valence-corrected chi connectivity index (χ2v) is 4.18. The molecule has 1 aromatic heterocycles. The van der Waals surface area contributed by atoms with Crippen molar-refractivity contribution in [2.75, 3.05) is 6.54 Å². The van der Waals surface area contributed by atoms with Crippen LogP contribution in [-0.2, 0) is 19.6 Å². The van der Waals surface area contributed by atoms with E-state index in [0.29, 0.717) is 0 Å². The highest BCUT2D eigenvalue weighted by Gasteiger charge is 2.01. The van der Waals surface area contributed by atoms with Crippen LogP contribution in [0.4, 0.5) is 0 Å². The molecule has 0 aliphatic carbocycles. The zero-order chi connectivity index (χ0) is 12.6. The molecule has 0 atom stereocenters. The summed E-state index contributed by atoms with van der Waals surface area (Å²) in [4.78, 5) is 4.16. The highest BCUT2D eigenvalue weighted by atomic mass is 16.3. The van der Waals surface area contributed by atoms with Crippen molar-refractivity contribution in [3.05, 3.63) is 65.5 Å². The van der Waals surface area contributed by atoms with E-state index >= 15 is 0 Å². The third kappa shape index (κ3) is 3.65. The number of aliphatic hydroxyl groups is 1. The fourth-order valence-electron chi connectivity index (χ4n) is 1.89. The summed E-state index contributed by atoms with van der Waals surface area (Å²) in [6, 6.07) is 14.2. The monoisotopic (exact) mass is 242 g/mol. The van der Waals surface area contributed by atoms with Crippen LogP contribution in [0.25, 0.3) is 0 Å². The van der Waals surface area contributed by atoms with Crippen LogP contribution >= 0.6 is 0 Å². The van der Waals surface area contributed by atoms with Crippen LogP contribution in [-0.4, -0.2) is 16.6 Å². The second-order valence-electron chi connectivity index (χ2n) is 4.18. The maximum Gasteiger partial charge on any atom is 0.0855 e. The lowest BCUT2D eigenvalue weighted by Crippen LogP contribution is -2.17. The average Bonchev–Trinajstić information content (AvgIpc) is 2.45. The molecule has 1 heterocycles. The molecule has 3 nitrogen and oxygen atoms in total. The standard InChI is InChI=1S/C15H18N2O/c18-12-15-14(7-4-9-17-15)8-10-16-11-13-5-2-1-3-6-13/h1-7,9,16,18H,8,10-12H2. The summed E-state index contributed by atoms with van der Waals surface area (Å²) in [5.41, 5.74) is 3.17. The van der Waals surface area contributed by atoms with Crippen molar-refractivity contribution >= 4 is 0 Å². The Morgan fingerprint density at radius 1 is 1.06 bits per heavy atom. The number of rotatable bonds is 6. The maximum atomic E-state index is 9.17. The Kier molecular flexibility index (Phi) is 4.88. The van der Waals surface area contributed by atoms with Crippen LogP contribution < -0.4 is 5.32 Å². The van der Waals surface area contributed by atoms with E-state index < -0.39 is 0 Å². The third-order valence-corrected chi connectivity index (χ3v) is 2.88. The molecule has 1 aromatic carbocycles. The topological polar surface area (TPSA) is 45.2 Å². The van der Waals surface area contributed by atoms with Gasteiger partial charge < -0.3 is 10.4 Å². The second kappa shape index (κ2) is 6.89. The number of hydrogen-bond donors (Lipinski definition) is 2. The molecular weight excluding hydrogens is 224 g/mol. The molecule has 0 spiro atoms. The van der Waals surface area contributed by atoms with Crippen molar-refractivity contribution in [2.45, 2.75) is 19.6 Å². The number of pyridine rings is 1. The Morgan fingerprint density at radius 2 is 1.89 bits per heavy atom. The van der Waals surface area contributed by atoms with E-state index in [0.717, 1.165) is 30.8 Å². The number of hydrogen-bond acceptors (Lipinski definition) is 3. The van der Waals surface area contributed by atoms with Crippen molar-refractivity contribution in [2.24, 2.45) is 0 Å². The van der Waals surface area contributed by atoms with E-state index in [9.17, 15) is 5.11 Å². The Bertz CT molecular complexity index is 471. The van der Waals surface area contributed by atoms with Gasteiger partial charge in [-0.15, -0.1) is 0 Å². The lowest BCUT2D eigenvalue weighted by atomic mass is 10.1. The molecule has 0 unspecified atom stereocenters. The van der Waals surface area contributed by atoms with Crippen molar-refractivity contribution < 1.29 is 5.11 Å². The van der Waals surface area contributed by atoms with Gasteiger partial charge >= 0.3 is 0 Å². The van der Waals surface area contributed by atoms with Crippen LogP contribution in [0.3, 0.4) is 0 Å². The van der Waals surface area contributed by atoms with Crippen molar-refractivity contribution in [3.63, 3.8) is 0 Å². The summed E-state index contributed by atoms with van der Waals surface area (Å²) < 4.78 is 0. The highest BCUT2D eigenvalue weighted by molar-refractivity contribution is 5.19. The Labute approximate surface area is 108 Å². The Balaban J connectivity index is 1.78. The predicted octanol–water partition coefficient (Wildman–Crippen LogP) is 1.91. The summed E-state index contributed by atoms with van der Waals surface area (Å²) in [7, 11) is 0. The van der Waals surface area contributed by atoms with Gasteiger partial charge in [-0.2, -0.15) is 0 Å². The zero-order valence-electron chi connectivity index (χ0n) is 10.3. The molecule has 3 heteroatoms. The molecule has 18 heavy (non-hydrogen) atoms. The fraction of sp³-hybridized carbons (Fsp3) is 0.267. The lowest BCUT2D eigenvalue weighted by Gasteiger charge is -2.07. The van der Waals surface area contributed by atoms with E-state index in [4.69, 9.17) is 0 Å². The minimum atomic E-state index is 0.00879. The summed E-state index contributed by atoms with van der Waals surface area (Å²) in [6.45, 7) is 1.76. The number of aliphatic hydroxyl groups excluding tert-OH is 1. The predicted molar refractivity (Wildman–Crippen MR) is 72.0 cm³/mol. The van der Waals surface area contributed by atoms with E-state index in [1.165, 1.54) is 5.56 Å². The molecule has 2 aromatic rings. The van der Waals surface area contributed by atoms with E-state index in [1.807, 2.05) is 30.3 Å². The number of nitrogens with zero attached hydrogens (tertiary/aromatic N) is 1. The molecule has 0 bridgehead atoms. The maximum absolute atomic E-state index is 9.17. The Hall–Kier alpha value is -1.71. The van der Waals surface area contributed by atoms with Gasteiger partial charge in [0.15, 0.2) is 0 Å². The first-order chi connectivity index (χ1) is 8.90. The molecule has 2 N–H and O–H groups in total. The first-order valence-corrected chi connectivity index (χ1v) is 6.18. The summed E-state index contributed by atoms with van der Waals surface area (Å²) in [5.74, 6) is 0. The molecule has 0 fully saturated rings. The van der Waals surface area contributed by atoms with Crippen LogP contribution in [0, 0.1) is 0 Å².